The molecule has 0 aliphatic rings. The summed E-state index contributed by atoms with van der Waals surface area (Å²) in [5.74, 6) is -0.992. The van der Waals surface area contributed by atoms with E-state index in [1.54, 1.807) is 6.92 Å². The standard InChI is InChI=1S/C11H13ClFNO2/c1-2-14(6-7-15)11(16)8-4-3-5-9(13)10(8)12/h3-5,15H,2,6-7H2,1H3. The average molecular weight is 246 g/mol. The zero-order valence-corrected chi connectivity index (χ0v) is 9.67. The molecule has 3 nitrogen and oxygen atoms in total. The number of likely N-dealkylation sites (N-methyl/N-ethyl adjacent to an activating group) is 1. The van der Waals surface area contributed by atoms with Crippen LogP contribution in [0.2, 0.25) is 5.02 Å². The van der Waals surface area contributed by atoms with Gasteiger partial charge in [-0.2, -0.15) is 0 Å². The van der Waals surface area contributed by atoms with Gasteiger partial charge in [0.2, 0.25) is 0 Å². The van der Waals surface area contributed by atoms with Gasteiger partial charge in [0.25, 0.3) is 5.91 Å². The van der Waals surface area contributed by atoms with Crippen LogP contribution in [0.5, 0.6) is 0 Å². The Morgan fingerprint density at radius 1 is 1.56 bits per heavy atom. The van der Waals surface area contributed by atoms with Gasteiger partial charge in [-0.15, -0.1) is 0 Å². The molecule has 0 radical (unpaired) electrons. The van der Waals surface area contributed by atoms with Crippen LogP contribution in [0.4, 0.5) is 4.39 Å². The Hall–Kier alpha value is -1.13. The number of benzene rings is 1. The first-order chi connectivity index (χ1) is 7.61. The van der Waals surface area contributed by atoms with Crippen LogP contribution in [0.15, 0.2) is 18.2 Å². The summed E-state index contributed by atoms with van der Waals surface area (Å²) in [6.45, 7) is 2.29. The van der Waals surface area contributed by atoms with E-state index < -0.39 is 5.82 Å². The number of rotatable bonds is 4. The first-order valence-corrected chi connectivity index (χ1v) is 5.33. The molecule has 0 atom stereocenters. The fraction of sp³-hybridized carbons (Fsp3) is 0.364. The molecule has 0 fully saturated rings. The van der Waals surface area contributed by atoms with E-state index in [1.807, 2.05) is 0 Å². The quantitative estimate of drug-likeness (QED) is 0.881. The van der Waals surface area contributed by atoms with Gasteiger partial charge in [0.05, 0.1) is 17.2 Å². The molecule has 0 heterocycles. The maximum Gasteiger partial charge on any atom is 0.255 e. The summed E-state index contributed by atoms with van der Waals surface area (Å²) < 4.78 is 13.1. The predicted octanol–water partition coefficient (Wildman–Crippen LogP) is 1.93. The second kappa shape index (κ2) is 5.82. The van der Waals surface area contributed by atoms with Crippen molar-refractivity contribution in [1.82, 2.24) is 4.90 Å². The Labute approximate surface area is 98.4 Å². The van der Waals surface area contributed by atoms with Crippen molar-refractivity contribution in [1.29, 1.82) is 0 Å². The summed E-state index contributed by atoms with van der Waals surface area (Å²) in [7, 11) is 0. The molecule has 0 saturated carbocycles. The highest BCUT2D eigenvalue weighted by Gasteiger charge is 2.18. The van der Waals surface area contributed by atoms with Gasteiger partial charge in [-0.1, -0.05) is 17.7 Å². The Bertz CT molecular complexity index is 384. The maximum atomic E-state index is 13.1. The molecular formula is C11H13ClFNO2. The lowest BCUT2D eigenvalue weighted by Gasteiger charge is -2.20. The van der Waals surface area contributed by atoms with E-state index in [0.29, 0.717) is 6.54 Å². The Balaban J connectivity index is 2.99. The van der Waals surface area contributed by atoms with E-state index in [2.05, 4.69) is 0 Å². The largest absolute Gasteiger partial charge is 0.395 e. The number of halogens is 2. The topological polar surface area (TPSA) is 40.5 Å². The Morgan fingerprint density at radius 2 is 2.25 bits per heavy atom. The zero-order chi connectivity index (χ0) is 12.1. The molecule has 0 aliphatic carbocycles. The third-order valence-corrected chi connectivity index (χ3v) is 2.60. The number of amides is 1. The van der Waals surface area contributed by atoms with E-state index >= 15 is 0 Å². The second-order valence-corrected chi connectivity index (χ2v) is 3.59. The number of carbonyl (C=O) groups excluding carboxylic acids is 1. The molecule has 0 aromatic heterocycles. The van der Waals surface area contributed by atoms with Crippen molar-refractivity contribution in [3.63, 3.8) is 0 Å². The van der Waals surface area contributed by atoms with Crippen LogP contribution in [0.3, 0.4) is 0 Å². The smallest absolute Gasteiger partial charge is 0.255 e. The van der Waals surface area contributed by atoms with Crippen molar-refractivity contribution < 1.29 is 14.3 Å². The number of carbonyl (C=O) groups is 1. The summed E-state index contributed by atoms with van der Waals surface area (Å²) >= 11 is 5.70. The van der Waals surface area contributed by atoms with E-state index in [-0.39, 0.29) is 29.6 Å². The SMILES string of the molecule is CCN(CCO)C(=O)c1cccc(F)c1Cl. The third kappa shape index (κ3) is 2.71. The summed E-state index contributed by atoms with van der Waals surface area (Å²) in [6.07, 6.45) is 0. The first-order valence-electron chi connectivity index (χ1n) is 4.96. The number of aliphatic hydroxyl groups is 1. The van der Waals surface area contributed by atoms with Crippen LogP contribution in [-0.2, 0) is 0 Å². The van der Waals surface area contributed by atoms with Crippen LogP contribution in [0, 0.1) is 5.82 Å². The average Bonchev–Trinajstić information content (AvgIpc) is 2.29. The molecule has 88 valence electrons. The van der Waals surface area contributed by atoms with Crippen molar-refractivity contribution in [3.8, 4) is 0 Å². The van der Waals surface area contributed by atoms with Crippen LogP contribution in [0.25, 0.3) is 0 Å². The van der Waals surface area contributed by atoms with Crippen molar-refractivity contribution in [2.24, 2.45) is 0 Å². The van der Waals surface area contributed by atoms with Gasteiger partial charge in [-0.25, -0.2) is 4.39 Å². The molecule has 1 amide bonds. The van der Waals surface area contributed by atoms with E-state index in [1.165, 1.54) is 23.1 Å². The fourth-order valence-corrected chi connectivity index (χ4v) is 1.57. The highest BCUT2D eigenvalue weighted by molar-refractivity contribution is 6.34. The monoisotopic (exact) mass is 245 g/mol. The van der Waals surface area contributed by atoms with Gasteiger partial charge in [0, 0.05) is 13.1 Å². The fourth-order valence-electron chi connectivity index (χ4n) is 1.36. The molecule has 16 heavy (non-hydrogen) atoms. The van der Waals surface area contributed by atoms with Gasteiger partial charge in [0.15, 0.2) is 0 Å². The minimum Gasteiger partial charge on any atom is -0.395 e. The van der Waals surface area contributed by atoms with Gasteiger partial charge in [-0.05, 0) is 19.1 Å². The molecule has 0 bridgehead atoms. The minimum absolute atomic E-state index is 0.122. The van der Waals surface area contributed by atoms with E-state index in [9.17, 15) is 9.18 Å². The molecule has 1 N–H and O–H groups in total. The summed E-state index contributed by atoms with van der Waals surface area (Å²) in [6, 6.07) is 4.09. The molecule has 5 heteroatoms. The lowest BCUT2D eigenvalue weighted by atomic mass is 10.2. The molecule has 1 aromatic carbocycles. The molecule has 0 unspecified atom stereocenters. The first kappa shape index (κ1) is 12.9. The number of aliphatic hydroxyl groups excluding tert-OH is 1. The highest BCUT2D eigenvalue weighted by Crippen LogP contribution is 2.20. The number of hydrogen-bond acceptors (Lipinski definition) is 2. The zero-order valence-electron chi connectivity index (χ0n) is 8.91. The summed E-state index contributed by atoms with van der Waals surface area (Å²) in [5.41, 5.74) is 0.122. The van der Waals surface area contributed by atoms with Crippen molar-refractivity contribution >= 4 is 17.5 Å². The second-order valence-electron chi connectivity index (χ2n) is 3.21. The molecular weight excluding hydrogens is 233 g/mol. The summed E-state index contributed by atoms with van der Waals surface area (Å²) in [4.78, 5) is 13.3. The van der Waals surface area contributed by atoms with Crippen LogP contribution in [0.1, 0.15) is 17.3 Å². The lowest BCUT2D eigenvalue weighted by Crippen LogP contribution is -2.33. The van der Waals surface area contributed by atoms with Gasteiger partial charge in [-0.3, -0.25) is 4.79 Å². The molecule has 0 saturated heterocycles. The van der Waals surface area contributed by atoms with Gasteiger partial charge in [0.1, 0.15) is 5.82 Å². The van der Waals surface area contributed by atoms with Crippen LogP contribution in [-0.4, -0.2) is 35.6 Å². The molecule has 1 rings (SSSR count). The lowest BCUT2D eigenvalue weighted by molar-refractivity contribution is 0.0731. The Kier molecular flexibility index (Phi) is 4.71. The van der Waals surface area contributed by atoms with Crippen molar-refractivity contribution in [2.75, 3.05) is 19.7 Å². The predicted molar refractivity (Wildman–Crippen MR) is 60.1 cm³/mol. The Morgan fingerprint density at radius 3 is 2.81 bits per heavy atom. The van der Waals surface area contributed by atoms with Crippen molar-refractivity contribution in [3.05, 3.63) is 34.6 Å². The van der Waals surface area contributed by atoms with E-state index in [0.717, 1.165) is 0 Å². The molecule has 0 aliphatic heterocycles. The summed E-state index contributed by atoms with van der Waals surface area (Å²) in [5, 5.41) is 8.61. The highest BCUT2D eigenvalue weighted by atomic mass is 35.5. The molecule has 1 aromatic rings. The maximum absolute atomic E-state index is 13.1. The minimum atomic E-state index is -0.618. The third-order valence-electron chi connectivity index (χ3n) is 2.22. The van der Waals surface area contributed by atoms with Gasteiger partial charge < -0.3 is 10.0 Å². The van der Waals surface area contributed by atoms with Crippen molar-refractivity contribution in [2.45, 2.75) is 6.92 Å². The normalized spacial score (nSPS) is 10.2. The number of hydrogen-bond donors (Lipinski definition) is 1. The number of nitrogens with zero attached hydrogens (tertiary/aromatic N) is 1. The van der Waals surface area contributed by atoms with Crippen LogP contribution >= 0.6 is 11.6 Å². The van der Waals surface area contributed by atoms with Crippen LogP contribution < -0.4 is 0 Å². The van der Waals surface area contributed by atoms with Gasteiger partial charge >= 0.3 is 0 Å². The molecule has 0 spiro atoms. The van der Waals surface area contributed by atoms with E-state index in [4.69, 9.17) is 16.7 Å².